The molecule has 7 atom stereocenters. The first-order valence-corrected chi connectivity index (χ1v) is 14.4. The Bertz CT molecular complexity index is 549. The summed E-state index contributed by atoms with van der Waals surface area (Å²) in [6.45, 7) is 4.31. The van der Waals surface area contributed by atoms with Crippen LogP contribution in [0.25, 0.3) is 0 Å². The zero-order chi connectivity index (χ0) is 22.7. The number of rotatable bonds is 6. The quantitative estimate of drug-likeness (QED) is 0.375. The van der Waals surface area contributed by atoms with E-state index in [-0.39, 0.29) is 17.8 Å². The van der Waals surface area contributed by atoms with Crippen molar-refractivity contribution >= 4 is 0 Å². The van der Waals surface area contributed by atoms with Crippen LogP contribution < -0.4 is 0 Å². The minimum absolute atomic E-state index is 0.0204. The highest BCUT2D eigenvalue weighted by Crippen LogP contribution is 2.49. The average molecular weight is 455 g/mol. The summed E-state index contributed by atoms with van der Waals surface area (Å²) in [7, 11) is 0. The molecule has 32 heavy (non-hydrogen) atoms. The van der Waals surface area contributed by atoms with Gasteiger partial charge in [0, 0.05) is 0 Å². The lowest BCUT2D eigenvalue weighted by molar-refractivity contribution is -0.0371. The Balaban J connectivity index is 1.19. The number of hydrogen-bond donors (Lipinski definition) is 0. The molecule has 4 fully saturated rings. The van der Waals surface area contributed by atoms with E-state index in [9.17, 15) is 4.39 Å². The molecule has 0 aliphatic heterocycles. The van der Waals surface area contributed by atoms with Crippen LogP contribution >= 0.6 is 0 Å². The maximum Gasteiger partial charge on any atom is 0.134 e. The Kier molecular flexibility index (Phi) is 8.93. The number of alkyl halides is 3. The first-order valence-electron chi connectivity index (χ1n) is 14.4. The summed E-state index contributed by atoms with van der Waals surface area (Å²) in [6, 6.07) is 0. The van der Waals surface area contributed by atoms with Crippen LogP contribution in [-0.4, -0.2) is 18.5 Å². The Hall–Kier alpha value is -0.210. The molecule has 4 aliphatic rings. The SMILES string of the molecule is CCC1CCC(C2CCC(C3CCC(CCC4CCC(C)C(F)C4)CC3)C(F)C2F)CC1. The van der Waals surface area contributed by atoms with Crippen LogP contribution in [0.15, 0.2) is 0 Å². The monoisotopic (exact) mass is 454 g/mol. The van der Waals surface area contributed by atoms with E-state index in [4.69, 9.17) is 0 Å². The molecule has 0 saturated heterocycles. The van der Waals surface area contributed by atoms with Crippen molar-refractivity contribution in [3.05, 3.63) is 0 Å². The molecule has 0 aromatic heterocycles. The van der Waals surface area contributed by atoms with Crippen LogP contribution in [0.5, 0.6) is 0 Å². The fourth-order valence-corrected chi connectivity index (χ4v) is 8.18. The average Bonchev–Trinajstić information content (AvgIpc) is 2.82. The number of hydrogen-bond acceptors (Lipinski definition) is 0. The van der Waals surface area contributed by atoms with Crippen LogP contribution in [-0.2, 0) is 0 Å². The highest BCUT2D eigenvalue weighted by atomic mass is 19.2. The van der Waals surface area contributed by atoms with Gasteiger partial charge in [0.2, 0.25) is 0 Å². The summed E-state index contributed by atoms with van der Waals surface area (Å²) >= 11 is 0. The highest BCUT2D eigenvalue weighted by Gasteiger charge is 2.46. The molecule has 4 rings (SSSR count). The normalized spacial score (nSPS) is 48.5. The smallest absolute Gasteiger partial charge is 0.134 e. The van der Waals surface area contributed by atoms with Gasteiger partial charge >= 0.3 is 0 Å². The first-order chi connectivity index (χ1) is 15.5. The molecule has 0 N–H and O–H groups in total. The molecule has 4 saturated carbocycles. The van der Waals surface area contributed by atoms with Gasteiger partial charge in [0.1, 0.15) is 18.5 Å². The van der Waals surface area contributed by atoms with Crippen molar-refractivity contribution in [3.63, 3.8) is 0 Å². The molecule has 0 spiro atoms. The molecule has 0 nitrogen and oxygen atoms in total. The molecule has 186 valence electrons. The zero-order valence-corrected chi connectivity index (χ0v) is 20.8. The van der Waals surface area contributed by atoms with Gasteiger partial charge in [-0.3, -0.25) is 0 Å². The summed E-state index contributed by atoms with van der Waals surface area (Å²) in [6.07, 6.45) is 14.6. The number of halogens is 3. The molecule has 0 aromatic rings. The largest absolute Gasteiger partial charge is 0.247 e. The van der Waals surface area contributed by atoms with Gasteiger partial charge in [-0.15, -0.1) is 0 Å². The van der Waals surface area contributed by atoms with Crippen LogP contribution in [0.4, 0.5) is 13.2 Å². The minimum Gasteiger partial charge on any atom is -0.247 e. The van der Waals surface area contributed by atoms with Gasteiger partial charge in [-0.25, -0.2) is 13.2 Å². The summed E-state index contributed by atoms with van der Waals surface area (Å²) in [5.41, 5.74) is 0. The lowest BCUT2D eigenvalue weighted by atomic mass is 9.63. The molecule has 7 unspecified atom stereocenters. The van der Waals surface area contributed by atoms with E-state index >= 15 is 8.78 Å². The molecule has 0 radical (unpaired) electrons. The van der Waals surface area contributed by atoms with Crippen molar-refractivity contribution in [1.82, 2.24) is 0 Å². The van der Waals surface area contributed by atoms with Crippen molar-refractivity contribution < 1.29 is 13.2 Å². The maximum atomic E-state index is 15.3. The highest BCUT2D eigenvalue weighted by molar-refractivity contribution is 4.95. The Morgan fingerprint density at radius 2 is 1.03 bits per heavy atom. The van der Waals surface area contributed by atoms with Crippen molar-refractivity contribution in [1.29, 1.82) is 0 Å². The summed E-state index contributed by atoms with van der Waals surface area (Å²) in [4.78, 5) is 0. The van der Waals surface area contributed by atoms with Gasteiger partial charge < -0.3 is 0 Å². The molecule has 4 aliphatic carbocycles. The summed E-state index contributed by atoms with van der Waals surface area (Å²) < 4.78 is 44.6. The molecular formula is C29H49F3. The van der Waals surface area contributed by atoms with Crippen molar-refractivity contribution in [2.45, 2.75) is 135 Å². The molecule has 0 aromatic carbocycles. The van der Waals surface area contributed by atoms with E-state index in [1.165, 1.54) is 51.4 Å². The van der Waals surface area contributed by atoms with Gasteiger partial charge in [0.25, 0.3) is 0 Å². The van der Waals surface area contributed by atoms with E-state index in [0.717, 1.165) is 63.2 Å². The van der Waals surface area contributed by atoms with Crippen LogP contribution in [0.1, 0.15) is 117 Å². The molecule has 0 amide bonds. The fourth-order valence-electron chi connectivity index (χ4n) is 8.18. The van der Waals surface area contributed by atoms with Crippen molar-refractivity contribution in [2.75, 3.05) is 0 Å². The van der Waals surface area contributed by atoms with Crippen molar-refractivity contribution in [2.24, 2.45) is 47.3 Å². The van der Waals surface area contributed by atoms with E-state index in [2.05, 4.69) is 6.92 Å². The molecule has 0 bridgehead atoms. The lowest BCUT2D eigenvalue weighted by Gasteiger charge is -2.44. The van der Waals surface area contributed by atoms with Crippen molar-refractivity contribution in [3.8, 4) is 0 Å². The third-order valence-corrected chi connectivity index (χ3v) is 10.7. The zero-order valence-electron chi connectivity index (χ0n) is 20.8. The molecule has 3 heteroatoms. The Morgan fingerprint density at radius 1 is 0.562 bits per heavy atom. The second-order valence-electron chi connectivity index (χ2n) is 12.5. The van der Waals surface area contributed by atoms with Gasteiger partial charge in [0.15, 0.2) is 0 Å². The van der Waals surface area contributed by atoms with Crippen LogP contribution in [0.2, 0.25) is 0 Å². The predicted octanol–water partition coefficient (Wildman–Crippen LogP) is 9.27. The van der Waals surface area contributed by atoms with E-state index in [1.54, 1.807) is 0 Å². The van der Waals surface area contributed by atoms with Gasteiger partial charge in [0.05, 0.1) is 0 Å². The van der Waals surface area contributed by atoms with Gasteiger partial charge in [-0.1, -0.05) is 58.8 Å². The first kappa shape index (κ1) is 24.9. The van der Waals surface area contributed by atoms with E-state index in [1.807, 2.05) is 6.92 Å². The van der Waals surface area contributed by atoms with E-state index < -0.39 is 18.5 Å². The lowest BCUT2D eigenvalue weighted by Crippen LogP contribution is -2.45. The predicted molar refractivity (Wildman–Crippen MR) is 128 cm³/mol. The third kappa shape index (κ3) is 5.88. The topological polar surface area (TPSA) is 0 Å². The van der Waals surface area contributed by atoms with Gasteiger partial charge in [-0.05, 0) is 105 Å². The minimum atomic E-state index is -1.23. The third-order valence-electron chi connectivity index (χ3n) is 10.7. The van der Waals surface area contributed by atoms with Crippen LogP contribution in [0.3, 0.4) is 0 Å². The van der Waals surface area contributed by atoms with Crippen LogP contribution in [0, 0.1) is 47.3 Å². The molecule has 0 heterocycles. The van der Waals surface area contributed by atoms with Gasteiger partial charge in [-0.2, -0.15) is 0 Å². The summed E-state index contributed by atoms with van der Waals surface area (Å²) in [5.74, 6) is 3.12. The Labute approximate surface area is 195 Å². The Morgan fingerprint density at radius 3 is 1.53 bits per heavy atom. The second kappa shape index (κ2) is 11.5. The summed E-state index contributed by atoms with van der Waals surface area (Å²) in [5, 5.41) is 0. The fraction of sp³-hybridized carbons (Fsp3) is 1.00. The second-order valence-corrected chi connectivity index (χ2v) is 12.5. The standard InChI is InChI=1S/C29H49F3/c1-3-20-8-12-23(13-9-20)25-16-17-26(29(32)28(25)31)24-14-10-21(11-15-24)6-7-22-5-4-19(2)27(30)18-22/h19-29H,3-18H2,1-2H3. The maximum absolute atomic E-state index is 15.3. The molecular weight excluding hydrogens is 405 g/mol. The van der Waals surface area contributed by atoms with E-state index in [0.29, 0.717) is 17.8 Å².